The molecule has 1 aromatic heterocycles. The molecule has 3 heterocycles. The van der Waals surface area contributed by atoms with E-state index >= 15 is 0 Å². The largest absolute Gasteiger partial charge is 0.508 e. The van der Waals surface area contributed by atoms with Crippen molar-refractivity contribution in [1.29, 1.82) is 0 Å². The number of hydrogen-bond acceptors (Lipinski definition) is 8. The molecule has 5 rings (SSSR count). The number of thiazole rings is 1. The average molecular weight is 531 g/mol. The van der Waals surface area contributed by atoms with Crippen LogP contribution in [0.4, 0.5) is 5.69 Å². The maximum absolute atomic E-state index is 14.0. The van der Waals surface area contributed by atoms with Gasteiger partial charge in [0.15, 0.2) is 0 Å². The van der Waals surface area contributed by atoms with Gasteiger partial charge in [-0.3, -0.25) is 14.4 Å². The summed E-state index contributed by atoms with van der Waals surface area (Å²) in [7, 11) is 0. The first-order valence-corrected chi connectivity index (χ1v) is 12.9. The number of phenols is 1. The summed E-state index contributed by atoms with van der Waals surface area (Å²) in [5, 5.41) is 11.7. The Hall–Kier alpha value is -3.08. The summed E-state index contributed by atoms with van der Waals surface area (Å²) in [4.78, 5) is 55.7. The highest BCUT2D eigenvalue weighted by Crippen LogP contribution is 2.58. The summed E-state index contributed by atoms with van der Waals surface area (Å²) < 4.78 is 4.99. The van der Waals surface area contributed by atoms with Crippen LogP contribution in [0.3, 0.4) is 0 Å². The molecule has 2 N–H and O–H groups in total. The number of halogens is 1. The fourth-order valence-corrected chi connectivity index (χ4v) is 7.41. The van der Waals surface area contributed by atoms with E-state index < -0.39 is 29.1 Å². The van der Waals surface area contributed by atoms with E-state index in [-0.39, 0.29) is 29.4 Å². The number of nitrogens with zero attached hydrogens (tertiary/aromatic N) is 1. The topological polar surface area (TPSA) is 117 Å². The van der Waals surface area contributed by atoms with Crippen molar-refractivity contribution in [3.05, 3.63) is 73.2 Å². The predicted octanol–water partition coefficient (Wildman–Crippen LogP) is 4.16. The van der Waals surface area contributed by atoms with Crippen molar-refractivity contribution in [2.45, 2.75) is 24.3 Å². The van der Waals surface area contributed by atoms with Gasteiger partial charge in [0.25, 0.3) is 0 Å². The normalized spacial score (nSPS) is 21.4. The number of ether oxygens (including phenoxy) is 1. The lowest BCUT2D eigenvalue weighted by Crippen LogP contribution is -2.43. The van der Waals surface area contributed by atoms with Gasteiger partial charge in [0.1, 0.15) is 5.75 Å². The maximum Gasteiger partial charge on any atom is 0.338 e. The van der Waals surface area contributed by atoms with E-state index in [1.807, 2.05) is 0 Å². The third-order valence-corrected chi connectivity index (χ3v) is 8.79. The summed E-state index contributed by atoms with van der Waals surface area (Å²) in [6.45, 7) is 1.94. The Balaban J connectivity index is 1.60. The molecule has 180 valence electrons. The highest BCUT2D eigenvalue weighted by Gasteiger charge is 2.60. The number of thioether (sulfide) groups is 1. The van der Waals surface area contributed by atoms with Crippen LogP contribution in [-0.2, 0) is 14.3 Å². The number of imide groups is 1. The molecule has 2 atom stereocenters. The van der Waals surface area contributed by atoms with Crippen molar-refractivity contribution in [2.75, 3.05) is 17.3 Å². The monoisotopic (exact) mass is 530 g/mol. The number of amides is 2. The van der Waals surface area contributed by atoms with Gasteiger partial charge in [0.2, 0.25) is 11.8 Å². The van der Waals surface area contributed by atoms with E-state index in [0.717, 1.165) is 16.2 Å². The molecule has 3 aromatic rings. The van der Waals surface area contributed by atoms with Crippen LogP contribution in [0.1, 0.15) is 40.1 Å². The summed E-state index contributed by atoms with van der Waals surface area (Å²) in [5.41, 5.74) is -0.213. The fourth-order valence-electron chi connectivity index (χ4n) is 4.67. The van der Waals surface area contributed by atoms with Crippen molar-refractivity contribution in [1.82, 2.24) is 4.98 Å². The summed E-state index contributed by atoms with van der Waals surface area (Å²) in [6, 6.07) is 10.6. The minimum atomic E-state index is -1.23. The Bertz CT molecular complexity index is 1420. The molecule has 1 fully saturated rings. The zero-order valence-electron chi connectivity index (χ0n) is 18.4. The van der Waals surface area contributed by atoms with Gasteiger partial charge in [-0.1, -0.05) is 22.9 Å². The van der Waals surface area contributed by atoms with E-state index in [9.17, 15) is 24.3 Å². The van der Waals surface area contributed by atoms with Gasteiger partial charge < -0.3 is 14.8 Å². The zero-order chi connectivity index (χ0) is 24.9. The standard InChI is InChI=1S/C24H19ClN2O6S2/c1-2-33-21(30)12-3-6-14(7-4-12)27-17(29)10-24(22(27)31)11-34-20-19(35-23(32)26-20)18(24)15-9-13(25)5-8-16(15)28/h3-9,18,28H,2,10-11H2,1H3,(H,26,32)/t18-,24+/m1/s1. The smallest absolute Gasteiger partial charge is 0.338 e. The quantitative estimate of drug-likeness (QED) is 0.384. The molecule has 0 aliphatic carbocycles. The van der Waals surface area contributed by atoms with Crippen LogP contribution in [-0.4, -0.2) is 40.2 Å². The first kappa shape index (κ1) is 23.7. The number of benzene rings is 2. The summed E-state index contributed by atoms with van der Waals surface area (Å²) in [5.74, 6) is -1.93. The minimum absolute atomic E-state index is 0.0741. The first-order valence-electron chi connectivity index (χ1n) is 10.7. The third-order valence-electron chi connectivity index (χ3n) is 6.21. The number of aromatic amines is 1. The molecule has 35 heavy (non-hydrogen) atoms. The van der Waals surface area contributed by atoms with Crippen LogP contribution in [0, 0.1) is 5.41 Å². The number of hydrogen-bond donors (Lipinski definition) is 2. The summed E-state index contributed by atoms with van der Waals surface area (Å²) >= 11 is 8.50. The van der Waals surface area contributed by atoms with Crippen molar-refractivity contribution >= 4 is 58.2 Å². The van der Waals surface area contributed by atoms with E-state index in [4.69, 9.17) is 16.3 Å². The number of carbonyl (C=O) groups is 3. The number of nitrogens with one attached hydrogen (secondary N) is 1. The molecule has 0 unspecified atom stereocenters. The number of aromatic nitrogens is 1. The number of carbonyl (C=O) groups excluding carboxylic acids is 3. The van der Waals surface area contributed by atoms with Crippen LogP contribution in [0.5, 0.6) is 5.75 Å². The molecule has 11 heteroatoms. The fraction of sp³-hybridized carbons (Fsp3) is 0.250. The van der Waals surface area contributed by atoms with Crippen LogP contribution >= 0.6 is 34.7 Å². The van der Waals surface area contributed by atoms with Gasteiger partial charge in [-0.2, -0.15) is 0 Å². The lowest BCUT2D eigenvalue weighted by molar-refractivity contribution is -0.125. The Kier molecular flexibility index (Phi) is 5.98. The van der Waals surface area contributed by atoms with E-state index in [0.29, 0.717) is 31.7 Å². The van der Waals surface area contributed by atoms with Crippen LogP contribution in [0.2, 0.25) is 5.02 Å². The van der Waals surface area contributed by atoms with E-state index in [2.05, 4.69) is 4.98 Å². The predicted molar refractivity (Wildman–Crippen MR) is 133 cm³/mol. The van der Waals surface area contributed by atoms with Crippen molar-refractivity contribution < 1.29 is 24.2 Å². The Morgan fingerprint density at radius 2 is 1.97 bits per heavy atom. The number of rotatable bonds is 4. The number of fused-ring (bicyclic) bond motifs is 1. The molecule has 0 saturated carbocycles. The molecule has 0 bridgehead atoms. The first-order chi connectivity index (χ1) is 16.7. The average Bonchev–Trinajstić information content (AvgIpc) is 3.32. The lowest BCUT2D eigenvalue weighted by Gasteiger charge is -2.38. The Morgan fingerprint density at radius 3 is 2.69 bits per heavy atom. The Labute approximate surface area is 212 Å². The summed E-state index contributed by atoms with van der Waals surface area (Å²) in [6.07, 6.45) is -0.111. The molecule has 2 aromatic carbocycles. The van der Waals surface area contributed by atoms with Gasteiger partial charge in [-0.25, -0.2) is 9.69 Å². The highest BCUT2D eigenvalue weighted by molar-refractivity contribution is 7.99. The van der Waals surface area contributed by atoms with Crippen molar-refractivity contribution in [2.24, 2.45) is 5.41 Å². The highest BCUT2D eigenvalue weighted by atomic mass is 35.5. The van der Waals surface area contributed by atoms with Crippen molar-refractivity contribution in [3.8, 4) is 5.75 Å². The zero-order valence-corrected chi connectivity index (χ0v) is 20.8. The minimum Gasteiger partial charge on any atom is -0.508 e. The van der Waals surface area contributed by atoms with Crippen LogP contribution in [0.15, 0.2) is 52.3 Å². The molecule has 2 aliphatic rings. The number of phenolic OH excluding ortho intramolecular Hbond substituents is 1. The molecule has 1 spiro atoms. The second kappa shape index (κ2) is 8.85. The van der Waals surface area contributed by atoms with E-state index in [1.54, 1.807) is 13.0 Å². The van der Waals surface area contributed by atoms with Crippen LogP contribution < -0.4 is 9.77 Å². The second-order valence-electron chi connectivity index (χ2n) is 8.27. The Morgan fingerprint density at radius 1 is 1.23 bits per heavy atom. The van der Waals surface area contributed by atoms with Gasteiger partial charge >= 0.3 is 10.8 Å². The lowest BCUT2D eigenvalue weighted by atomic mass is 9.70. The van der Waals surface area contributed by atoms with Gasteiger partial charge in [-0.15, -0.1) is 11.8 Å². The number of anilines is 1. The maximum atomic E-state index is 14.0. The number of aromatic hydroxyl groups is 1. The van der Waals surface area contributed by atoms with Crippen LogP contribution in [0.25, 0.3) is 0 Å². The molecule has 2 aliphatic heterocycles. The van der Waals surface area contributed by atoms with Gasteiger partial charge in [-0.05, 0) is 49.4 Å². The molecule has 8 nitrogen and oxygen atoms in total. The van der Waals surface area contributed by atoms with Gasteiger partial charge in [0.05, 0.1) is 28.3 Å². The SMILES string of the molecule is CCOC(=O)c1ccc(N2C(=O)C[C@@]3(CSc4[nH]c(=O)sc4[C@H]3c3cc(Cl)ccc3O)C2=O)cc1. The molecular formula is C24H19ClN2O6S2. The number of esters is 1. The number of H-pyrrole nitrogens is 1. The second-order valence-corrected chi connectivity index (χ2v) is 10.7. The van der Waals surface area contributed by atoms with E-state index in [1.165, 1.54) is 48.2 Å². The molecule has 2 amide bonds. The van der Waals surface area contributed by atoms with Gasteiger partial charge in [0, 0.05) is 33.6 Å². The molecule has 1 saturated heterocycles. The molecular weight excluding hydrogens is 512 g/mol. The molecule has 0 radical (unpaired) electrons. The third kappa shape index (κ3) is 3.85. The van der Waals surface area contributed by atoms with Crippen molar-refractivity contribution in [3.63, 3.8) is 0 Å².